The van der Waals surface area contributed by atoms with E-state index < -0.39 is 17.8 Å². The summed E-state index contributed by atoms with van der Waals surface area (Å²) in [5, 5.41) is 4.14. The van der Waals surface area contributed by atoms with E-state index in [1.165, 1.54) is 12.1 Å². The Balaban J connectivity index is 1.59. The summed E-state index contributed by atoms with van der Waals surface area (Å²) in [6.45, 7) is 1.56. The largest absolute Gasteiger partial charge is 0.274 e. The van der Waals surface area contributed by atoms with Gasteiger partial charge in [-0.2, -0.15) is 0 Å². The van der Waals surface area contributed by atoms with Gasteiger partial charge in [0, 0.05) is 13.1 Å². The zero-order valence-electron chi connectivity index (χ0n) is 14.4. The second-order valence-electron chi connectivity index (χ2n) is 7.12. The standard InChI is InChI=1S/C20H17ClFN3O2/c21-14-8-7-13(11-15(14)22)25-19(26)16-17(12-5-2-1-3-6-12)23-9-4-10-24(23)18(16)20(25)27/h1-3,5-8,11,16-18H,4,9-10H2/t16-,17-,18-/m0/s1. The van der Waals surface area contributed by atoms with Crippen molar-refractivity contribution in [3.8, 4) is 0 Å². The van der Waals surface area contributed by atoms with Crippen molar-refractivity contribution in [1.29, 1.82) is 0 Å². The molecular formula is C20H17ClFN3O2. The number of halogens is 2. The molecule has 138 valence electrons. The number of carbonyl (C=O) groups excluding carboxylic acids is 2. The number of imide groups is 1. The Morgan fingerprint density at radius 3 is 2.33 bits per heavy atom. The molecule has 0 spiro atoms. The summed E-state index contributed by atoms with van der Waals surface area (Å²) in [7, 11) is 0. The van der Waals surface area contributed by atoms with Crippen molar-refractivity contribution < 1.29 is 14.0 Å². The molecule has 7 heteroatoms. The van der Waals surface area contributed by atoms with Crippen LogP contribution in [0, 0.1) is 11.7 Å². The maximum Gasteiger partial charge on any atom is 0.253 e. The normalized spacial score (nSPS) is 28.1. The maximum absolute atomic E-state index is 13.9. The van der Waals surface area contributed by atoms with E-state index in [4.69, 9.17) is 11.6 Å². The van der Waals surface area contributed by atoms with Crippen LogP contribution in [-0.4, -0.2) is 41.0 Å². The van der Waals surface area contributed by atoms with E-state index in [1.54, 1.807) is 0 Å². The van der Waals surface area contributed by atoms with Gasteiger partial charge in [-0.1, -0.05) is 41.9 Å². The number of fused-ring (bicyclic) bond motifs is 3. The molecule has 2 amide bonds. The minimum Gasteiger partial charge on any atom is -0.274 e. The molecule has 0 bridgehead atoms. The van der Waals surface area contributed by atoms with Crippen molar-refractivity contribution in [2.45, 2.75) is 18.5 Å². The maximum atomic E-state index is 13.9. The van der Waals surface area contributed by atoms with Crippen LogP contribution in [0.1, 0.15) is 18.0 Å². The molecule has 0 radical (unpaired) electrons. The van der Waals surface area contributed by atoms with Gasteiger partial charge in [0.15, 0.2) is 0 Å². The molecule has 0 unspecified atom stereocenters. The van der Waals surface area contributed by atoms with Gasteiger partial charge in [0.05, 0.1) is 22.7 Å². The predicted molar refractivity (Wildman–Crippen MR) is 98.4 cm³/mol. The van der Waals surface area contributed by atoms with E-state index in [0.717, 1.165) is 36.0 Å². The first kappa shape index (κ1) is 16.9. The Kier molecular flexibility index (Phi) is 3.82. The van der Waals surface area contributed by atoms with Gasteiger partial charge in [-0.15, -0.1) is 0 Å². The van der Waals surface area contributed by atoms with Crippen LogP contribution in [0.4, 0.5) is 10.1 Å². The summed E-state index contributed by atoms with van der Waals surface area (Å²) in [6.07, 6.45) is 0.948. The third kappa shape index (κ3) is 2.37. The molecule has 3 saturated heterocycles. The summed E-state index contributed by atoms with van der Waals surface area (Å²) in [4.78, 5) is 27.6. The molecular weight excluding hydrogens is 369 g/mol. The minimum absolute atomic E-state index is 0.0362. The molecule has 3 heterocycles. The molecule has 3 atom stereocenters. The fourth-order valence-electron chi connectivity index (χ4n) is 4.64. The van der Waals surface area contributed by atoms with Crippen molar-refractivity contribution >= 4 is 29.1 Å². The Labute approximate surface area is 160 Å². The minimum atomic E-state index is -0.644. The van der Waals surface area contributed by atoms with Gasteiger partial charge in [-0.05, 0) is 30.2 Å². The molecule has 0 aliphatic carbocycles. The smallest absolute Gasteiger partial charge is 0.253 e. The zero-order valence-corrected chi connectivity index (χ0v) is 15.1. The Bertz CT molecular complexity index is 938. The van der Waals surface area contributed by atoms with Gasteiger partial charge < -0.3 is 0 Å². The molecule has 0 saturated carbocycles. The van der Waals surface area contributed by atoms with E-state index in [0.29, 0.717) is 0 Å². The third-order valence-electron chi connectivity index (χ3n) is 5.71. The molecule has 3 fully saturated rings. The van der Waals surface area contributed by atoms with E-state index in [2.05, 4.69) is 5.01 Å². The van der Waals surface area contributed by atoms with Crippen molar-refractivity contribution in [3.63, 3.8) is 0 Å². The quantitative estimate of drug-likeness (QED) is 0.745. The Morgan fingerprint density at radius 1 is 0.926 bits per heavy atom. The number of hydrogen-bond acceptors (Lipinski definition) is 4. The molecule has 0 aromatic heterocycles. The summed E-state index contributed by atoms with van der Waals surface area (Å²) in [5.41, 5.74) is 1.25. The van der Waals surface area contributed by atoms with Crippen molar-refractivity contribution in [2.75, 3.05) is 18.0 Å². The van der Waals surface area contributed by atoms with Gasteiger partial charge in [0.1, 0.15) is 11.9 Å². The fourth-order valence-corrected chi connectivity index (χ4v) is 4.76. The van der Waals surface area contributed by atoms with Crippen molar-refractivity contribution in [1.82, 2.24) is 10.0 Å². The average Bonchev–Trinajstić information content (AvgIpc) is 3.31. The lowest BCUT2D eigenvalue weighted by atomic mass is 9.90. The highest BCUT2D eigenvalue weighted by Gasteiger charge is 2.62. The third-order valence-corrected chi connectivity index (χ3v) is 6.01. The van der Waals surface area contributed by atoms with Gasteiger partial charge >= 0.3 is 0 Å². The Morgan fingerprint density at radius 2 is 1.63 bits per heavy atom. The van der Waals surface area contributed by atoms with Crippen LogP contribution >= 0.6 is 11.6 Å². The van der Waals surface area contributed by atoms with E-state index in [-0.39, 0.29) is 28.6 Å². The summed E-state index contributed by atoms with van der Waals surface area (Å²) < 4.78 is 13.9. The second-order valence-corrected chi connectivity index (χ2v) is 7.52. The molecule has 2 aromatic carbocycles. The van der Waals surface area contributed by atoms with Crippen molar-refractivity contribution in [2.24, 2.45) is 5.92 Å². The lowest BCUT2D eigenvalue weighted by molar-refractivity contribution is -0.126. The SMILES string of the molecule is O=C1[C@@H]2[C@@H](C(=O)N1c1ccc(Cl)c(F)c1)N1CCCN1[C@H]2c1ccccc1. The first-order valence-corrected chi connectivity index (χ1v) is 9.37. The number of amides is 2. The lowest BCUT2D eigenvalue weighted by Crippen LogP contribution is -2.44. The monoisotopic (exact) mass is 385 g/mol. The van der Waals surface area contributed by atoms with Crippen LogP contribution in [0.2, 0.25) is 5.02 Å². The highest BCUT2D eigenvalue weighted by Crippen LogP contribution is 2.48. The van der Waals surface area contributed by atoms with E-state index >= 15 is 0 Å². The number of rotatable bonds is 2. The molecule has 5 nitrogen and oxygen atoms in total. The Hall–Kier alpha value is -2.28. The van der Waals surface area contributed by atoms with E-state index in [9.17, 15) is 14.0 Å². The number of hydrogen-bond donors (Lipinski definition) is 0. The molecule has 5 rings (SSSR count). The number of nitrogens with zero attached hydrogens (tertiary/aromatic N) is 3. The van der Waals surface area contributed by atoms with Crippen LogP contribution in [0.5, 0.6) is 0 Å². The summed E-state index contributed by atoms with van der Waals surface area (Å²) in [5.74, 6) is -1.72. The van der Waals surface area contributed by atoms with Crippen LogP contribution in [0.15, 0.2) is 48.5 Å². The van der Waals surface area contributed by atoms with Crippen LogP contribution in [-0.2, 0) is 9.59 Å². The molecule has 2 aromatic rings. The number of benzene rings is 2. The summed E-state index contributed by atoms with van der Waals surface area (Å²) >= 11 is 5.75. The fraction of sp³-hybridized carbons (Fsp3) is 0.300. The van der Waals surface area contributed by atoms with Crippen LogP contribution in [0.25, 0.3) is 0 Å². The molecule has 3 aliphatic heterocycles. The lowest BCUT2D eigenvalue weighted by Gasteiger charge is -2.29. The van der Waals surface area contributed by atoms with Crippen molar-refractivity contribution in [3.05, 3.63) is 64.9 Å². The van der Waals surface area contributed by atoms with Gasteiger partial charge in [0.2, 0.25) is 5.91 Å². The highest BCUT2D eigenvalue weighted by molar-refractivity contribution is 6.31. The van der Waals surface area contributed by atoms with E-state index in [1.807, 2.05) is 35.3 Å². The van der Waals surface area contributed by atoms with Crippen LogP contribution < -0.4 is 4.90 Å². The van der Waals surface area contributed by atoms with Gasteiger partial charge in [0.25, 0.3) is 5.91 Å². The average molecular weight is 386 g/mol. The first-order chi connectivity index (χ1) is 13.1. The van der Waals surface area contributed by atoms with Crippen LogP contribution in [0.3, 0.4) is 0 Å². The molecule has 27 heavy (non-hydrogen) atoms. The zero-order chi connectivity index (χ0) is 18.7. The number of carbonyl (C=O) groups is 2. The topological polar surface area (TPSA) is 43.9 Å². The number of anilines is 1. The van der Waals surface area contributed by atoms with Gasteiger partial charge in [-0.25, -0.2) is 19.3 Å². The second kappa shape index (κ2) is 6.12. The van der Waals surface area contributed by atoms with Gasteiger partial charge in [-0.3, -0.25) is 9.59 Å². The summed E-state index contributed by atoms with van der Waals surface area (Å²) in [6, 6.07) is 13.1. The highest BCUT2D eigenvalue weighted by atomic mass is 35.5. The predicted octanol–water partition coefficient (Wildman–Crippen LogP) is 3.01. The number of hydrazine groups is 1. The molecule has 0 N–H and O–H groups in total. The molecule has 3 aliphatic rings. The first-order valence-electron chi connectivity index (χ1n) is 8.99.